The van der Waals surface area contributed by atoms with E-state index in [1.807, 2.05) is 24.4 Å². The number of fused-ring (bicyclic) bond motifs is 1. The van der Waals surface area contributed by atoms with Gasteiger partial charge in [-0.3, -0.25) is 0 Å². The van der Waals surface area contributed by atoms with Crippen molar-refractivity contribution in [2.45, 2.75) is 6.92 Å². The van der Waals surface area contributed by atoms with Crippen molar-refractivity contribution in [2.75, 3.05) is 0 Å². The lowest BCUT2D eigenvalue weighted by molar-refractivity contribution is 0.630. The summed E-state index contributed by atoms with van der Waals surface area (Å²) < 4.78 is 14.2. The first kappa shape index (κ1) is 17.6. The van der Waals surface area contributed by atoms with Gasteiger partial charge in [0.2, 0.25) is 0 Å². The fourth-order valence-electron chi connectivity index (χ4n) is 3.35. The maximum atomic E-state index is 14.2. The van der Waals surface area contributed by atoms with E-state index >= 15 is 0 Å². The zero-order valence-corrected chi connectivity index (χ0v) is 16.3. The highest BCUT2D eigenvalue weighted by atomic mass is 35.5. The van der Waals surface area contributed by atoms with Gasteiger partial charge in [-0.2, -0.15) is 0 Å². The number of benzene rings is 3. The van der Waals surface area contributed by atoms with Crippen LogP contribution in [0.3, 0.4) is 0 Å². The van der Waals surface area contributed by atoms with Crippen molar-refractivity contribution in [1.29, 1.82) is 0 Å². The fraction of sp³-hybridized carbons (Fsp3) is 0.0435. The highest BCUT2D eigenvalue weighted by Gasteiger charge is 2.15. The highest BCUT2D eigenvalue weighted by Crippen LogP contribution is 2.31. The minimum absolute atomic E-state index is 0.270. The number of nitrogens with one attached hydrogen (secondary N) is 2. The van der Waals surface area contributed by atoms with Gasteiger partial charge in [0.1, 0.15) is 17.5 Å². The largest absolute Gasteiger partial charge is 0.338 e. The van der Waals surface area contributed by atoms with E-state index in [-0.39, 0.29) is 5.56 Å². The van der Waals surface area contributed by atoms with Gasteiger partial charge in [0.15, 0.2) is 0 Å². The van der Waals surface area contributed by atoms with Crippen molar-refractivity contribution in [2.24, 2.45) is 0 Å². The lowest BCUT2D eigenvalue weighted by atomic mass is 10.1. The third-order valence-electron chi connectivity index (χ3n) is 4.89. The Morgan fingerprint density at radius 3 is 2.48 bits per heavy atom. The highest BCUT2D eigenvalue weighted by molar-refractivity contribution is 6.33. The van der Waals surface area contributed by atoms with Gasteiger partial charge in [0, 0.05) is 5.56 Å². The summed E-state index contributed by atoms with van der Waals surface area (Å²) in [7, 11) is 0. The molecular weight excluding hydrogens is 387 g/mol. The molecule has 3 aromatic carbocycles. The molecule has 0 saturated carbocycles. The molecule has 0 bridgehead atoms. The minimum Gasteiger partial charge on any atom is -0.338 e. The van der Waals surface area contributed by atoms with Gasteiger partial charge >= 0.3 is 0 Å². The lowest BCUT2D eigenvalue weighted by Crippen LogP contribution is -1.87. The van der Waals surface area contributed by atoms with E-state index in [2.05, 4.69) is 51.1 Å². The third-order valence-corrected chi connectivity index (χ3v) is 5.21. The Hall–Kier alpha value is -3.44. The van der Waals surface area contributed by atoms with Crippen LogP contribution in [0.1, 0.15) is 5.56 Å². The molecule has 5 rings (SSSR count). The topological polar surface area (TPSA) is 57.4 Å². The van der Waals surface area contributed by atoms with Gasteiger partial charge in [-0.05, 0) is 42.8 Å². The first-order valence-electron chi connectivity index (χ1n) is 9.15. The normalized spacial score (nSPS) is 11.3. The van der Waals surface area contributed by atoms with E-state index in [1.54, 1.807) is 12.1 Å². The molecule has 0 amide bonds. The molecule has 0 saturated heterocycles. The fourth-order valence-corrected chi connectivity index (χ4v) is 3.60. The summed E-state index contributed by atoms with van der Waals surface area (Å²) in [6.45, 7) is 2.06. The Morgan fingerprint density at radius 1 is 0.897 bits per heavy atom. The predicted octanol–water partition coefficient (Wildman–Crippen LogP) is 6.39. The van der Waals surface area contributed by atoms with Crippen molar-refractivity contribution in [1.82, 2.24) is 19.9 Å². The number of aryl methyl sites for hydroxylation is 1. The molecule has 0 fully saturated rings. The van der Waals surface area contributed by atoms with E-state index in [0.717, 1.165) is 33.7 Å². The van der Waals surface area contributed by atoms with Crippen LogP contribution in [-0.4, -0.2) is 19.9 Å². The van der Waals surface area contributed by atoms with Gasteiger partial charge in [-0.25, -0.2) is 14.4 Å². The van der Waals surface area contributed by atoms with Gasteiger partial charge in [0.25, 0.3) is 0 Å². The number of rotatable bonds is 3. The van der Waals surface area contributed by atoms with E-state index in [4.69, 9.17) is 11.6 Å². The molecule has 0 unspecified atom stereocenters. The van der Waals surface area contributed by atoms with Crippen molar-refractivity contribution < 1.29 is 4.39 Å². The zero-order chi connectivity index (χ0) is 20.0. The van der Waals surface area contributed by atoms with Crippen LogP contribution in [0.5, 0.6) is 0 Å². The Labute approximate surface area is 171 Å². The molecule has 29 heavy (non-hydrogen) atoms. The Morgan fingerprint density at radius 2 is 1.69 bits per heavy atom. The van der Waals surface area contributed by atoms with Crippen LogP contribution in [-0.2, 0) is 0 Å². The van der Waals surface area contributed by atoms with E-state index in [0.29, 0.717) is 10.8 Å². The van der Waals surface area contributed by atoms with Gasteiger partial charge in [-0.15, -0.1) is 0 Å². The number of aromatic nitrogens is 4. The minimum atomic E-state index is -0.412. The number of H-pyrrole nitrogens is 2. The molecule has 0 atom stereocenters. The van der Waals surface area contributed by atoms with E-state index < -0.39 is 5.82 Å². The second kappa shape index (κ2) is 6.87. The SMILES string of the molecule is Cc1ccc(-c2cnc(-c3ccc4nc(-c5c(F)cccc5Cl)[nH]c4c3)[nH]2)cc1. The van der Waals surface area contributed by atoms with Gasteiger partial charge in [0.05, 0.1) is 33.5 Å². The molecule has 2 N–H and O–H groups in total. The van der Waals surface area contributed by atoms with E-state index in [9.17, 15) is 4.39 Å². The van der Waals surface area contributed by atoms with Gasteiger partial charge < -0.3 is 9.97 Å². The summed E-state index contributed by atoms with van der Waals surface area (Å²) in [5.41, 5.74) is 5.93. The molecular formula is C23H16ClFN4. The molecule has 0 aliphatic carbocycles. The summed E-state index contributed by atoms with van der Waals surface area (Å²) in [5.74, 6) is 0.744. The third kappa shape index (κ3) is 3.19. The van der Waals surface area contributed by atoms with Crippen LogP contribution in [0.2, 0.25) is 5.02 Å². The van der Waals surface area contributed by atoms with Crippen LogP contribution in [0.15, 0.2) is 66.9 Å². The smallest absolute Gasteiger partial charge is 0.142 e. The van der Waals surface area contributed by atoms with Crippen LogP contribution in [0.25, 0.3) is 45.1 Å². The average molecular weight is 403 g/mol. The van der Waals surface area contributed by atoms with Gasteiger partial charge in [-0.1, -0.05) is 47.5 Å². The Bertz CT molecular complexity index is 1310. The molecule has 2 aromatic heterocycles. The number of nitrogens with zero attached hydrogens (tertiary/aromatic N) is 2. The Balaban J connectivity index is 1.53. The first-order chi connectivity index (χ1) is 14.1. The van der Waals surface area contributed by atoms with Crippen LogP contribution in [0, 0.1) is 12.7 Å². The summed E-state index contributed by atoms with van der Waals surface area (Å²) in [5, 5.41) is 0.318. The standard InChI is InChI=1S/C23H16ClFN4/c1-13-5-7-14(8-6-13)20-12-26-22(29-20)15-9-10-18-19(11-15)28-23(27-18)21-16(24)3-2-4-17(21)25/h2-12H,1H3,(H,26,29)(H,27,28). The molecule has 5 aromatic rings. The molecule has 4 nitrogen and oxygen atoms in total. The number of halogens is 2. The summed E-state index contributed by atoms with van der Waals surface area (Å²) in [4.78, 5) is 15.5. The molecule has 2 heterocycles. The zero-order valence-electron chi connectivity index (χ0n) is 15.5. The lowest BCUT2D eigenvalue weighted by Gasteiger charge is -2.01. The first-order valence-corrected chi connectivity index (χ1v) is 9.53. The van der Waals surface area contributed by atoms with E-state index in [1.165, 1.54) is 11.6 Å². The van der Waals surface area contributed by atoms with Crippen LogP contribution < -0.4 is 0 Å². The van der Waals surface area contributed by atoms with Crippen molar-refractivity contribution >= 4 is 22.6 Å². The molecule has 6 heteroatoms. The summed E-state index contributed by atoms with van der Waals surface area (Å²) in [6.07, 6.45) is 1.82. The predicted molar refractivity (Wildman–Crippen MR) is 114 cm³/mol. The second-order valence-corrected chi connectivity index (χ2v) is 7.33. The molecule has 0 aliphatic rings. The van der Waals surface area contributed by atoms with Crippen LogP contribution >= 0.6 is 11.6 Å². The molecule has 0 aliphatic heterocycles. The van der Waals surface area contributed by atoms with Crippen molar-refractivity contribution in [3.8, 4) is 34.0 Å². The monoisotopic (exact) mass is 402 g/mol. The maximum absolute atomic E-state index is 14.2. The summed E-state index contributed by atoms with van der Waals surface area (Å²) in [6, 6.07) is 18.6. The average Bonchev–Trinajstić information content (AvgIpc) is 3.35. The molecule has 0 radical (unpaired) electrons. The number of imidazole rings is 2. The van der Waals surface area contributed by atoms with Crippen molar-refractivity contribution in [3.05, 3.63) is 83.3 Å². The molecule has 142 valence electrons. The Kier molecular flexibility index (Phi) is 4.18. The van der Waals surface area contributed by atoms with Crippen molar-refractivity contribution in [3.63, 3.8) is 0 Å². The number of hydrogen-bond acceptors (Lipinski definition) is 2. The molecule has 0 spiro atoms. The van der Waals surface area contributed by atoms with Crippen LogP contribution in [0.4, 0.5) is 4.39 Å². The number of hydrogen-bond donors (Lipinski definition) is 2. The quantitative estimate of drug-likeness (QED) is 0.367. The summed E-state index contributed by atoms with van der Waals surface area (Å²) >= 11 is 6.17. The second-order valence-electron chi connectivity index (χ2n) is 6.93. The number of aromatic amines is 2. The maximum Gasteiger partial charge on any atom is 0.142 e.